The highest BCUT2D eigenvalue weighted by atomic mass is 32.2. The lowest BCUT2D eigenvalue weighted by molar-refractivity contribution is 0.102. The third-order valence-electron chi connectivity index (χ3n) is 5.80. The Morgan fingerprint density at radius 1 is 1.06 bits per heavy atom. The molecule has 1 aliphatic rings. The van der Waals surface area contributed by atoms with Crippen LogP contribution < -0.4 is 9.62 Å². The van der Waals surface area contributed by atoms with E-state index in [0.717, 1.165) is 23.4 Å². The molecular weight excluding hydrogens is 450 g/mol. The number of anilines is 2. The number of hydrogen-bond acceptors (Lipinski definition) is 5. The highest BCUT2D eigenvalue weighted by Gasteiger charge is 2.29. The van der Waals surface area contributed by atoms with Gasteiger partial charge in [-0.2, -0.15) is 4.31 Å². The van der Waals surface area contributed by atoms with Crippen LogP contribution in [0.2, 0.25) is 0 Å². The molecule has 1 fully saturated rings. The molecule has 1 N–H and O–H groups in total. The second-order valence-electron chi connectivity index (χ2n) is 8.30. The van der Waals surface area contributed by atoms with Gasteiger partial charge < -0.3 is 5.32 Å². The van der Waals surface area contributed by atoms with E-state index < -0.39 is 26.0 Å². The molecule has 1 heterocycles. The molecule has 2 aromatic rings. The number of nitrogens with one attached hydrogen (secondary N) is 1. The fraction of sp³-hybridized carbons (Fsp3) is 0.409. The Balaban J connectivity index is 1.85. The van der Waals surface area contributed by atoms with E-state index in [1.807, 2.05) is 0 Å². The predicted molar refractivity (Wildman–Crippen MR) is 126 cm³/mol. The van der Waals surface area contributed by atoms with E-state index in [2.05, 4.69) is 12.2 Å². The minimum absolute atomic E-state index is 0.0911. The third-order valence-corrected chi connectivity index (χ3v) is 8.90. The minimum atomic E-state index is -3.69. The number of piperidine rings is 1. The van der Waals surface area contributed by atoms with Gasteiger partial charge in [0.05, 0.1) is 16.8 Å². The molecular formula is C22H29N3O5S2. The van der Waals surface area contributed by atoms with E-state index in [1.165, 1.54) is 23.5 Å². The zero-order valence-electron chi connectivity index (χ0n) is 18.7. The van der Waals surface area contributed by atoms with Gasteiger partial charge in [0.25, 0.3) is 5.91 Å². The second-order valence-corrected chi connectivity index (χ2v) is 12.2. The lowest BCUT2D eigenvalue weighted by Crippen LogP contribution is -2.38. The van der Waals surface area contributed by atoms with Crippen LogP contribution in [0, 0.1) is 12.8 Å². The molecule has 32 heavy (non-hydrogen) atoms. The molecule has 1 saturated heterocycles. The average molecular weight is 480 g/mol. The summed E-state index contributed by atoms with van der Waals surface area (Å²) in [5, 5.41) is 2.74. The van der Waals surface area contributed by atoms with E-state index in [1.54, 1.807) is 37.3 Å². The lowest BCUT2D eigenvalue weighted by atomic mass is 10.0. The molecule has 174 valence electrons. The van der Waals surface area contributed by atoms with Crippen molar-refractivity contribution in [3.63, 3.8) is 0 Å². The SMILES string of the molecule is Cc1ccc(S(=O)(=O)N2CCC(C)CC2)cc1C(=O)Nc1cccc(N(C)S(C)(=O)=O)c1. The summed E-state index contributed by atoms with van der Waals surface area (Å²) in [5.74, 6) is 0.0317. The first kappa shape index (κ1) is 24.2. The Kier molecular flexibility index (Phi) is 6.97. The number of sulfonamides is 2. The Labute approximate surface area is 190 Å². The summed E-state index contributed by atoms with van der Waals surface area (Å²) >= 11 is 0. The van der Waals surface area contributed by atoms with Gasteiger partial charge in [0.2, 0.25) is 20.0 Å². The van der Waals surface area contributed by atoms with E-state index in [4.69, 9.17) is 0 Å². The Morgan fingerprint density at radius 2 is 1.72 bits per heavy atom. The zero-order valence-corrected chi connectivity index (χ0v) is 20.3. The van der Waals surface area contributed by atoms with Crippen LogP contribution in [0.4, 0.5) is 11.4 Å². The van der Waals surface area contributed by atoms with E-state index in [9.17, 15) is 21.6 Å². The van der Waals surface area contributed by atoms with Crippen LogP contribution in [-0.2, 0) is 20.0 Å². The fourth-order valence-electron chi connectivity index (χ4n) is 3.55. The summed E-state index contributed by atoms with van der Waals surface area (Å²) in [6, 6.07) is 11.0. The molecule has 1 amide bonds. The Morgan fingerprint density at radius 3 is 2.34 bits per heavy atom. The molecule has 3 rings (SSSR count). The van der Waals surface area contributed by atoms with Crippen molar-refractivity contribution in [3.05, 3.63) is 53.6 Å². The predicted octanol–water partition coefficient (Wildman–Crippen LogP) is 3.06. The topological polar surface area (TPSA) is 104 Å². The summed E-state index contributed by atoms with van der Waals surface area (Å²) in [4.78, 5) is 13.1. The van der Waals surface area contributed by atoms with Gasteiger partial charge >= 0.3 is 0 Å². The highest BCUT2D eigenvalue weighted by molar-refractivity contribution is 7.92. The molecule has 0 radical (unpaired) electrons. The summed E-state index contributed by atoms with van der Waals surface area (Å²) in [7, 11) is -5.71. The molecule has 0 spiro atoms. The zero-order chi connectivity index (χ0) is 23.7. The van der Waals surface area contributed by atoms with Crippen LogP contribution in [0.1, 0.15) is 35.7 Å². The maximum absolute atomic E-state index is 13.1. The van der Waals surface area contributed by atoms with Gasteiger partial charge in [-0.1, -0.05) is 19.1 Å². The Bertz CT molecular complexity index is 1220. The third kappa shape index (κ3) is 5.31. The Hall–Kier alpha value is -2.43. The molecule has 2 aromatic carbocycles. The number of carbonyl (C=O) groups is 1. The highest BCUT2D eigenvalue weighted by Crippen LogP contribution is 2.26. The molecule has 0 atom stereocenters. The van der Waals surface area contributed by atoms with Crippen LogP contribution in [0.15, 0.2) is 47.4 Å². The van der Waals surface area contributed by atoms with Crippen molar-refractivity contribution < 1.29 is 21.6 Å². The van der Waals surface area contributed by atoms with Gasteiger partial charge in [-0.25, -0.2) is 16.8 Å². The first-order chi connectivity index (χ1) is 14.9. The lowest BCUT2D eigenvalue weighted by Gasteiger charge is -2.29. The molecule has 0 saturated carbocycles. The monoisotopic (exact) mass is 479 g/mol. The molecule has 0 unspecified atom stereocenters. The second kappa shape index (κ2) is 9.21. The first-order valence-electron chi connectivity index (χ1n) is 10.4. The summed E-state index contributed by atoms with van der Waals surface area (Å²) in [5.41, 5.74) is 1.69. The van der Waals surface area contributed by atoms with Gasteiger partial charge in [-0.05, 0) is 61.6 Å². The number of carbonyl (C=O) groups excluding carboxylic acids is 1. The van der Waals surface area contributed by atoms with E-state index in [-0.39, 0.29) is 10.5 Å². The number of rotatable bonds is 6. The quantitative estimate of drug-likeness (QED) is 0.686. The van der Waals surface area contributed by atoms with Crippen LogP contribution in [0.3, 0.4) is 0 Å². The molecule has 0 aromatic heterocycles. The van der Waals surface area contributed by atoms with Crippen LogP contribution >= 0.6 is 0 Å². The van der Waals surface area contributed by atoms with Crippen molar-refractivity contribution in [2.45, 2.75) is 31.6 Å². The summed E-state index contributed by atoms with van der Waals surface area (Å²) in [6.45, 7) is 4.79. The van der Waals surface area contributed by atoms with Crippen molar-refractivity contribution >= 4 is 37.3 Å². The van der Waals surface area contributed by atoms with Crippen LogP contribution in [0.5, 0.6) is 0 Å². The van der Waals surface area contributed by atoms with Crippen molar-refractivity contribution in [2.75, 3.05) is 36.0 Å². The van der Waals surface area contributed by atoms with Gasteiger partial charge in [0.15, 0.2) is 0 Å². The van der Waals surface area contributed by atoms with Crippen LogP contribution in [-0.4, -0.2) is 53.4 Å². The first-order valence-corrected chi connectivity index (χ1v) is 13.6. The number of aryl methyl sites for hydroxylation is 1. The number of hydrogen-bond donors (Lipinski definition) is 1. The summed E-state index contributed by atoms with van der Waals surface area (Å²) < 4.78 is 52.3. The van der Waals surface area contributed by atoms with E-state index in [0.29, 0.717) is 35.9 Å². The number of amides is 1. The average Bonchev–Trinajstić information content (AvgIpc) is 2.73. The molecule has 10 heteroatoms. The molecule has 1 aliphatic heterocycles. The summed E-state index contributed by atoms with van der Waals surface area (Å²) in [6.07, 6.45) is 2.73. The molecule has 8 nitrogen and oxygen atoms in total. The fourth-order valence-corrected chi connectivity index (χ4v) is 5.54. The molecule has 0 bridgehead atoms. The van der Waals surface area contributed by atoms with E-state index >= 15 is 0 Å². The van der Waals surface area contributed by atoms with Crippen LogP contribution in [0.25, 0.3) is 0 Å². The van der Waals surface area contributed by atoms with Gasteiger partial charge in [-0.15, -0.1) is 0 Å². The number of benzene rings is 2. The van der Waals surface area contributed by atoms with Gasteiger partial charge in [0, 0.05) is 31.4 Å². The standard InChI is InChI=1S/C22H29N3O5S2/c1-16-10-12-25(13-11-16)32(29,30)20-9-8-17(2)21(15-20)22(26)23-18-6-5-7-19(14-18)24(3)31(4,27)28/h5-9,14-16H,10-13H2,1-4H3,(H,23,26). The maximum Gasteiger partial charge on any atom is 0.255 e. The van der Waals surface area contributed by atoms with Crippen molar-refractivity contribution in [1.29, 1.82) is 0 Å². The molecule has 0 aliphatic carbocycles. The smallest absolute Gasteiger partial charge is 0.255 e. The minimum Gasteiger partial charge on any atom is -0.322 e. The van der Waals surface area contributed by atoms with Crippen molar-refractivity contribution in [1.82, 2.24) is 4.31 Å². The largest absolute Gasteiger partial charge is 0.322 e. The van der Waals surface area contributed by atoms with Crippen molar-refractivity contribution in [2.24, 2.45) is 5.92 Å². The number of nitrogens with zero attached hydrogens (tertiary/aromatic N) is 2. The maximum atomic E-state index is 13.1. The normalized spacial score (nSPS) is 16.0. The van der Waals surface area contributed by atoms with Crippen molar-refractivity contribution in [3.8, 4) is 0 Å². The van der Waals surface area contributed by atoms with Gasteiger partial charge in [-0.3, -0.25) is 9.10 Å². The van der Waals surface area contributed by atoms with Gasteiger partial charge in [0.1, 0.15) is 0 Å².